The van der Waals surface area contributed by atoms with E-state index in [1.165, 1.54) is 185 Å². The van der Waals surface area contributed by atoms with Gasteiger partial charge in [0.15, 0.2) is 0 Å². The van der Waals surface area contributed by atoms with Crippen LogP contribution in [0.1, 0.15) is 194 Å². The summed E-state index contributed by atoms with van der Waals surface area (Å²) in [5.41, 5.74) is 2.59. The number of unbranched alkanes of at least 4 members (excludes halogenated alkanes) is 24. The number of rotatable bonds is 31. The van der Waals surface area contributed by atoms with Crippen LogP contribution in [0.5, 0.6) is 0 Å². The van der Waals surface area contributed by atoms with E-state index in [1.54, 1.807) is 0 Å². The lowest BCUT2D eigenvalue weighted by molar-refractivity contribution is 0.515. The van der Waals surface area contributed by atoms with Crippen molar-refractivity contribution in [1.82, 2.24) is 5.32 Å². The van der Waals surface area contributed by atoms with Gasteiger partial charge >= 0.3 is 0 Å². The Morgan fingerprint density at radius 1 is 0.417 bits per heavy atom. The molecule has 0 aliphatic rings. The lowest BCUT2D eigenvalue weighted by Crippen LogP contribution is -2.13. The van der Waals surface area contributed by atoms with Crippen molar-refractivity contribution in [3.8, 4) is 0 Å². The quantitative estimate of drug-likeness (QED) is 0.0732. The van der Waals surface area contributed by atoms with Crippen molar-refractivity contribution in [2.75, 3.05) is 6.54 Å². The highest BCUT2D eigenvalue weighted by molar-refractivity contribution is 4.90. The SMILES string of the molecule is C=C(C)CCCCCCCCCCCCCCCCCCCCCCCCCCNC(=C)CCCC. The maximum absolute atomic E-state index is 4.11. The Morgan fingerprint density at radius 2 is 0.722 bits per heavy atom. The fraction of sp³-hybridized carbons (Fsp3) is 0.886. The van der Waals surface area contributed by atoms with Gasteiger partial charge < -0.3 is 5.32 Å². The molecule has 0 unspecified atom stereocenters. The second-order valence-corrected chi connectivity index (χ2v) is 11.8. The predicted octanol–water partition coefficient (Wildman–Crippen LogP) is 12.6. The second kappa shape index (κ2) is 30.5. The Bertz CT molecular complexity index is 452. The van der Waals surface area contributed by atoms with E-state index in [0.717, 1.165) is 13.0 Å². The van der Waals surface area contributed by atoms with Crippen molar-refractivity contribution in [3.05, 3.63) is 24.4 Å². The average molecular weight is 504 g/mol. The van der Waals surface area contributed by atoms with Crippen LogP contribution in [0.25, 0.3) is 0 Å². The molecule has 1 nitrogen and oxygen atoms in total. The van der Waals surface area contributed by atoms with Crippen LogP contribution in [0.2, 0.25) is 0 Å². The van der Waals surface area contributed by atoms with Crippen LogP contribution >= 0.6 is 0 Å². The summed E-state index contributed by atoms with van der Waals surface area (Å²) in [4.78, 5) is 0. The van der Waals surface area contributed by atoms with Crippen LogP contribution in [-0.2, 0) is 0 Å². The van der Waals surface area contributed by atoms with Gasteiger partial charge in [0.25, 0.3) is 0 Å². The third kappa shape index (κ3) is 31.3. The fourth-order valence-corrected chi connectivity index (χ4v) is 5.18. The van der Waals surface area contributed by atoms with Gasteiger partial charge in [-0.05, 0) is 39.0 Å². The molecule has 0 fully saturated rings. The van der Waals surface area contributed by atoms with Crippen LogP contribution in [0.4, 0.5) is 0 Å². The van der Waals surface area contributed by atoms with E-state index >= 15 is 0 Å². The van der Waals surface area contributed by atoms with Gasteiger partial charge in [-0.25, -0.2) is 0 Å². The molecule has 0 heterocycles. The van der Waals surface area contributed by atoms with E-state index in [1.807, 2.05) is 0 Å². The van der Waals surface area contributed by atoms with E-state index < -0.39 is 0 Å². The molecule has 0 aromatic carbocycles. The Balaban J connectivity index is 3.06. The second-order valence-electron chi connectivity index (χ2n) is 11.8. The summed E-state index contributed by atoms with van der Waals surface area (Å²) in [6.45, 7) is 13.6. The van der Waals surface area contributed by atoms with Crippen molar-refractivity contribution in [2.24, 2.45) is 0 Å². The Kier molecular flexibility index (Phi) is 29.9. The molecule has 0 aromatic heterocycles. The Morgan fingerprint density at radius 3 is 1.03 bits per heavy atom. The predicted molar refractivity (Wildman–Crippen MR) is 167 cm³/mol. The number of allylic oxidation sites excluding steroid dienone is 2. The van der Waals surface area contributed by atoms with E-state index in [9.17, 15) is 0 Å². The molecular weight excluding hydrogens is 434 g/mol. The number of nitrogens with one attached hydrogen (secondary N) is 1. The minimum atomic E-state index is 1.12. The van der Waals surface area contributed by atoms with Crippen LogP contribution in [0, 0.1) is 0 Å². The first-order valence-corrected chi connectivity index (χ1v) is 16.7. The molecule has 0 aromatic rings. The summed E-state index contributed by atoms with van der Waals surface area (Å²) < 4.78 is 0. The van der Waals surface area contributed by atoms with Gasteiger partial charge in [-0.3, -0.25) is 0 Å². The van der Waals surface area contributed by atoms with Crippen LogP contribution in [0.3, 0.4) is 0 Å². The molecule has 0 rings (SSSR count). The maximum Gasteiger partial charge on any atom is 0.0143 e. The van der Waals surface area contributed by atoms with Crippen LogP contribution in [-0.4, -0.2) is 6.54 Å². The summed E-state index contributed by atoms with van der Waals surface area (Å²) in [5, 5.41) is 3.49. The molecule has 0 atom stereocenters. The van der Waals surface area contributed by atoms with E-state index in [2.05, 4.69) is 32.3 Å². The number of hydrogen-bond acceptors (Lipinski definition) is 1. The normalized spacial score (nSPS) is 11.2. The standard InChI is InChI=1S/C35H69N/c1-5-6-32-35(4)36-33-30-28-26-24-22-20-18-16-14-12-10-8-7-9-11-13-15-17-19-21-23-25-27-29-31-34(2)3/h36H,2,4-33H2,1,3H3. The van der Waals surface area contributed by atoms with Gasteiger partial charge in [-0.2, -0.15) is 0 Å². The van der Waals surface area contributed by atoms with Crippen LogP contribution < -0.4 is 5.32 Å². The molecule has 214 valence electrons. The Hall–Kier alpha value is -0.720. The zero-order valence-electron chi connectivity index (χ0n) is 25.4. The van der Waals surface area contributed by atoms with Crippen molar-refractivity contribution in [2.45, 2.75) is 194 Å². The highest BCUT2D eigenvalue weighted by Crippen LogP contribution is 2.16. The van der Waals surface area contributed by atoms with Gasteiger partial charge in [-0.1, -0.05) is 167 Å². The van der Waals surface area contributed by atoms with Gasteiger partial charge in [0.2, 0.25) is 0 Å². The molecular formula is C35H69N. The molecule has 0 bridgehead atoms. The molecule has 1 heteroatoms. The minimum absolute atomic E-state index is 1.12. The van der Waals surface area contributed by atoms with Crippen molar-refractivity contribution < 1.29 is 0 Å². The summed E-state index contributed by atoms with van der Waals surface area (Å²) in [7, 11) is 0. The first-order valence-electron chi connectivity index (χ1n) is 16.7. The molecule has 0 saturated carbocycles. The Labute approximate surface area is 229 Å². The number of hydrogen-bond donors (Lipinski definition) is 1. The van der Waals surface area contributed by atoms with Crippen molar-refractivity contribution in [3.63, 3.8) is 0 Å². The fourth-order valence-electron chi connectivity index (χ4n) is 5.18. The van der Waals surface area contributed by atoms with Gasteiger partial charge in [0.1, 0.15) is 0 Å². The minimum Gasteiger partial charge on any atom is -0.389 e. The molecule has 36 heavy (non-hydrogen) atoms. The molecule has 0 aliphatic carbocycles. The topological polar surface area (TPSA) is 12.0 Å². The van der Waals surface area contributed by atoms with Gasteiger partial charge in [0, 0.05) is 12.2 Å². The zero-order chi connectivity index (χ0) is 26.4. The van der Waals surface area contributed by atoms with E-state index in [0.29, 0.717) is 0 Å². The molecule has 0 radical (unpaired) electrons. The van der Waals surface area contributed by atoms with Gasteiger partial charge in [0.05, 0.1) is 0 Å². The monoisotopic (exact) mass is 504 g/mol. The highest BCUT2D eigenvalue weighted by atomic mass is 14.9. The van der Waals surface area contributed by atoms with E-state index in [4.69, 9.17) is 0 Å². The summed E-state index contributed by atoms with van der Waals surface area (Å²) in [6, 6.07) is 0. The zero-order valence-corrected chi connectivity index (χ0v) is 25.4. The molecule has 0 spiro atoms. The van der Waals surface area contributed by atoms with Crippen molar-refractivity contribution in [1.29, 1.82) is 0 Å². The lowest BCUT2D eigenvalue weighted by Gasteiger charge is -2.08. The highest BCUT2D eigenvalue weighted by Gasteiger charge is 1.97. The smallest absolute Gasteiger partial charge is 0.0143 e. The summed E-state index contributed by atoms with van der Waals surface area (Å²) in [6.07, 6.45) is 39.6. The lowest BCUT2D eigenvalue weighted by atomic mass is 10.0. The molecule has 1 N–H and O–H groups in total. The largest absolute Gasteiger partial charge is 0.389 e. The van der Waals surface area contributed by atoms with Crippen molar-refractivity contribution >= 4 is 0 Å². The first kappa shape index (κ1) is 35.3. The maximum atomic E-state index is 4.11. The van der Waals surface area contributed by atoms with E-state index in [-0.39, 0.29) is 0 Å². The third-order valence-corrected chi connectivity index (χ3v) is 7.74. The van der Waals surface area contributed by atoms with Crippen LogP contribution in [0.15, 0.2) is 24.4 Å². The molecule has 0 saturated heterocycles. The first-order chi connectivity index (χ1) is 17.7. The van der Waals surface area contributed by atoms with Gasteiger partial charge in [-0.15, -0.1) is 6.58 Å². The molecule has 0 amide bonds. The average Bonchev–Trinajstić information content (AvgIpc) is 2.86. The molecule has 0 aliphatic heterocycles. The summed E-state index contributed by atoms with van der Waals surface area (Å²) >= 11 is 0. The summed E-state index contributed by atoms with van der Waals surface area (Å²) in [5.74, 6) is 0. The third-order valence-electron chi connectivity index (χ3n) is 7.74.